The molecule has 1 heterocycles. The van der Waals surface area contributed by atoms with Gasteiger partial charge in [-0.05, 0) is 12.5 Å². The van der Waals surface area contributed by atoms with Crippen molar-refractivity contribution >= 4 is 5.78 Å². The maximum Gasteiger partial charge on any atom is 0.168 e. The van der Waals surface area contributed by atoms with Gasteiger partial charge in [-0.15, -0.1) is 0 Å². The van der Waals surface area contributed by atoms with Crippen LogP contribution in [0.1, 0.15) is 25.0 Å². The molecule has 0 unspecified atom stereocenters. The van der Waals surface area contributed by atoms with E-state index >= 15 is 0 Å². The normalized spacial score (nSPS) is 27.9. The maximum atomic E-state index is 11.5. The molecule has 1 aromatic rings. The lowest BCUT2D eigenvalue weighted by molar-refractivity contribution is -0.122. The zero-order chi connectivity index (χ0) is 9.26. The van der Waals surface area contributed by atoms with Crippen LogP contribution in [0.25, 0.3) is 0 Å². The van der Waals surface area contributed by atoms with Crippen LogP contribution in [0.3, 0.4) is 0 Å². The predicted octanol–water partition coefficient (Wildman–Crippen LogP) is 2.11. The lowest BCUT2D eigenvalue weighted by Crippen LogP contribution is -2.05. The summed E-state index contributed by atoms with van der Waals surface area (Å²) >= 11 is 0. The van der Waals surface area contributed by atoms with Crippen LogP contribution in [0.5, 0.6) is 0 Å². The van der Waals surface area contributed by atoms with Crippen molar-refractivity contribution in [2.45, 2.75) is 25.6 Å². The minimum absolute atomic E-state index is 0.0673. The Kier molecular flexibility index (Phi) is 2.15. The molecule has 0 N–H and O–H groups in total. The van der Waals surface area contributed by atoms with Crippen molar-refractivity contribution in [3.63, 3.8) is 0 Å². The molecular weight excluding hydrogens is 164 g/mol. The number of benzene rings is 1. The lowest BCUT2D eigenvalue weighted by atomic mass is 10.1. The summed E-state index contributed by atoms with van der Waals surface area (Å²) in [5.41, 5.74) is 0.969. The molecule has 1 aliphatic rings. The fraction of sp³-hybridized carbons (Fsp3) is 0.364. The molecule has 68 valence electrons. The third-order valence-electron chi connectivity index (χ3n) is 2.25. The molecule has 1 fully saturated rings. The van der Waals surface area contributed by atoms with Gasteiger partial charge in [-0.3, -0.25) is 4.79 Å². The van der Waals surface area contributed by atoms with E-state index in [1.165, 1.54) is 0 Å². The van der Waals surface area contributed by atoms with E-state index in [-0.39, 0.29) is 18.0 Å². The van der Waals surface area contributed by atoms with E-state index < -0.39 is 0 Å². The Bertz CT molecular complexity index is 305. The average Bonchev–Trinajstić information content (AvgIpc) is 2.47. The fourth-order valence-corrected chi connectivity index (χ4v) is 1.64. The van der Waals surface area contributed by atoms with E-state index in [1.807, 2.05) is 37.3 Å². The summed E-state index contributed by atoms with van der Waals surface area (Å²) in [5.74, 6) is 0.193. The van der Waals surface area contributed by atoms with Crippen LogP contribution in [0, 0.1) is 0 Å². The Hall–Kier alpha value is -1.15. The molecule has 0 spiro atoms. The highest BCUT2D eigenvalue weighted by Crippen LogP contribution is 2.28. The molecule has 0 aromatic heterocycles. The van der Waals surface area contributed by atoms with Gasteiger partial charge in [0.25, 0.3) is 0 Å². The Morgan fingerprint density at radius 2 is 2.00 bits per heavy atom. The number of hydrogen-bond acceptors (Lipinski definition) is 2. The molecule has 0 radical (unpaired) electrons. The first kappa shape index (κ1) is 8.45. The molecule has 0 bridgehead atoms. The molecule has 0 amide bonds. The van der Waals surface area contributed by atoms with Crippen LogP contribution in [0.4, 0.5) is 0 Å². The third kappa shape index (κ3) is 1.63. The maximum absolute atomic E-state index is 11.5. The summed E-state index contributed by atoms with van der Waals surface area (Å²) < 4.78 is 5.51. The van der Waals surface area contributed by atoms with E-state index in [0.717, 1.165) is 5.56 Å². The molecule has 1 aliphatic heterocycles. The summed E-state index contributed by atoms with van der Waals surface area (Å²) in [6, 6.07) is 9.65. The van der Waals surface area contributed by atoms with Crippen molar-refractivity contribution in [3.05, 3.63) is 35.9 Å². The Morgan fingerprint density at radius 1 is 1.31 bits per heavy atom. The quantitative estimate of drug-likeness (QED) is 0.655. The van der Waals surface area contributed by atoms with Gasteiger partial charge in [-0.2, -0.15) is 0 Å². The van der Waals surface area contributed by atoms with Crippen LogP contribution in [0.2, 0.25) is 0 Å². The second-order valence-corrected chi connectivity index (χ2v) is 3.41. The Balaban J connectivity index is 2.23. The molecule has 0 aliphatic carbocycles. The largest absolute Gasteiger partial charge is 0.362 e. The van der Waals surface area contributed by atoms with E-state index in [1.54, 1.807) is 0 Å². The molecule has 2 heteroatoms. The predicted molar refractivity (Wildman–Crippen MR) is 49.4 cm³/mol. The van der Waals surface area contributed by atoms with Crippen LogP contribution in [-0.4, -0.2) is 11.9 Å². The summed E-state index contributed by atoms with van der Waals surface area (Å²) in [7, 11) is 0. The van der Waals surface area contributed by atoms with Crippen molar-refractivity contribution in [2.75, 3.05) is 0 Å². The van der Waals surface area contributed by atoms with Crippen molar-refractivity contribution in [1.82, 2.24) is 0 Å². The summed E-state index contributed by atoms with van der Waals surface area (Å²) in [6.07, 6.45) is 0.286. The van der Waals surface area contributed by atoms with Gasteiger partial charge in [0.05, 0.1) is 6.10 Å². The Morgan fingerprint density at radius 3 is 2.54 bits per heavy atom. The highest BCUT2D eigenvalue weighted by Gasteiger charge is 2.31. The zero-order valence-corrected chi connectivity index (χ0v) is 7.57. The van der Waals surface area contributed by atoms with Crippen molar-refractivity contribution < 1.29 is 9.53 Å². The minimum atomic E-state index is -0.323. The lowest BCUT2D eigenvalue weighted by Gasteiger charge is -2.08. The monoisotopic (exact) mass is 176 g/mol. The van der Waals surface area contributed by atoms with Crippen LogP contribution >= 0.6 is 0 Å². The van der Waals surface area contributed by atoms with Crippen molar-refractivity contribution in [1.29, 1.82) is 0 Å². The first-order chi connectivity index (χ1) is 6.27. The number of rotatable bonds is 1. The third-order valence-corrected chi connectivity index (χ3v) is 2.25. The first-order valence-electron chi connectivity index (χ1n) is 4.50. The zero-order valence-electron chi connectivity index (χ0n) is 7.57. The number of ketones is 1. The molecule has 2 rings (SSSR count). The molecule has 1 saturated heterocycles. The van der Waals surface area contributed by atoms with E-state index in [4.69, 9.17) is 4.74 Å². The fourth-order valence-electron chi connectivity index (χ4n) is 1.64. The number of Topliss-reactive ketones (excluding diaryl/α,β-unsaturated/α-hetero) is 1. The highest BCUT2D eigenvalue weighted by molar-refractivity contribution is 5.86. The van der Waals surface area contributed by atoms with Crippen molar-refractivity contribution in [2.24, 2.45) is 0 Å². The topological polar surface area (TPSA) is 26.3 Å². The number of ether oxygens (including phenoxy) is 1. The highest BCUT2D eigenvalue weighted by atomic mass is 16.5. The molecule has 13 heavy (non-hydrogen) atoms. The summed E-state index contributed by atoms with van der Waals surface area (Å²) in [6.45, 7) is 1.93. The SMILES string of the molecule is C[C@H]1CC(=O)[C@H](c2ccccc2)O1. The molecule has 0 saturated carbocycles. The summed E-state index contributed by atoms with van der Waals surface area (Å²) in [5, 5.41) is 0. The molecule has 2 nitrogen and oxygen atoms in total. The standard InChI is InChI=1S/C11H12O2/c1-8-7-10(12)11(13-8)9-5-3-2-4-6-9/h2-6,8,11H,7H2,1H3/t8-,11-/m0/s1. The summed E-state index contributed by atoms with van der Waals surface area (Å²) in [4.78, 5) is 11.5. The van der Waals surface area contributed by atoms with Gasteiger partial charge >= 0.3 is 0 Å². The van der Waals surface area contributed by atoms with Crippen LogP contribution in [-0.2, 0) is 9.53 Å². The Labute approximate surface area is 77.5 Å². The average molecular weight is 176 g/mol. The van der Waals surface area contributed by atoms with Gasteiger partial charge in [0, 0.05) is 6.42 Å². The van der Waals surface area contributed by atoms with Gasteiger partial charge in [0.2, 0.25) is 0 Å². The number of hydrogen-bond donors (Lipinski definition) is 0. The van der Waals surface area contributed by atoms with Crippen LogP contribution < -0.4 is 0 Å². The van der Waals surface area contributed by atoms with Gasteiger partial charge in [0.15, 0.2) is 5.78 Å². The smallest absolute Gasteiger partial charge is 0.168 e. The van der Waals surface area contributed by atoms with Crippen molar-refractivity contribution in [3.8, 4) is 0 Å². The van der Waals surface area contributed by atoms with Gasteiger partial charge in [-0.25, -0.2) is 0 Å². The van der Waals surface area contributed by atoms with E-state index in [9.17, 15) is 4.79 Å². The second-order valence-electron chi connectivity index (χ2n) is 3.41. The first-order valence-corrected chi connectivity index (χ1v) is 4.50. The van der Waals surface area contributed by atoms with Gasteiger partial charge < -0.3 is 4.74 Å². The minimum Gasteiger partial charge on any atom is -0.362 e. The molecule has 2 atom stereocenters. The van der Waals surface area contributed by atoms with Gasteiger partial charge in [-0.1, -0.05) is 30.3 Å². The van der Waals surface area contributed by atoms with Crippen LogP contribution in [0.15, 0.2) is 30.3 Å². The second kappa shape index (κ2) is 3.30. The molecule has 1 aromatic carbocycles. The van der Waals surface area contributed by atoms with E-state index in [0.29, 0.717) is 6.42 Å². The number of carbonyl (C=O) groups is 1. The van der Waals surface area contributed by atoms with Gasteiger partial charge in [0.1, 0.15) is 6.10 Å². The molecular formula is C11H12O2. The number of carbonyl (C=O) groups excluding carboxylic acids is 1. The van der Waals surface area contributed by atoms with E-state index in [2.05, 4.69) is 0 Å².